The van der Waals surface area contributed by atoms with E-state index in [-0.39, 0.29) is 5.75 Å². The molecule has 7 heteroatoms. The zero-order valence-corrected chi connectivity index (χ0v) is 9.54. The molecule has 0 aliphatic carbocycles. The van der Waals surface area contributed by atoms with Gasteiger partial charge in [0.1, 0.15) is 5.75 Å². The van der Waals surface area contributed by atoms with Crippen molar-refractivity contribution in [3.63, 3.8) is 0 Å². The molecular formula is C10H14BF3NO2-. The van der Waals surface area contributed by atoms with Gasteiger partial charge in [0.2, 0.25) is 0 Å². The van der Waals surface area contributed by atoms with Crippen molar-refractivity contribution in [1.29, 1.82) is 0 Å². The third kappa shape index (κ3) is 5.08. The number of ether oxygens (including phenoxy) is 2. The van der Waals surface area contributed by atoms with E-state index in [0.717, 1.165) is 12.3 Å². The SMILES string of the molecule is CCOCCCOc1cncc([B-](F)(F)F)c1. The van der Waals surface area contributed by atoms with Gasteiger partial charge >= 0.3 is 6.98 Å². The smallest absolute Gasteiger partial charge is 0.492 e. The van der Waals surface area contributed by atoms with Crippen LogP contribution in [-0.2, 0) is 4.74 Å². The highest BCUT2D eigenvalue weighted by atomic mass is 19.4. The van der Waals surface area contributed by atoms with Gasteiger partial charge in [0, 0.05) is 25.8 Å². The van der Waals surface area contributed by atoms with Crippen LogP contribution in [0.5, 0.6) is 5.75 Å². The highest BCUT2D eigenvalue weighted by molar-refractivity contribution is 6.73. The van der Waals surface area contributed by atoms with Crippen LogP contribution in [0.2, 0.25) is 0 Å². The lowest BCUT2D eigenvalue weighted by atomic mass is 9.81. The molecule has 0 spiro atoms. The van der Waals surface area contributed by atoms with E-state index in [1.54, 1.807) is 0 Å². The van der Waals surface area contributed by atoms with Gasteiger partial charge in [0.15, 0.2) is 0 Å². The summed E-state index contributed by atoms with van der Waals surface area (Å²) in [6.07, 6.45) is 2.70. The van der Waals surface area contributed by atoms with E-state index in [1.807, 2.05) is 6.92 Å². The first-order chi connectivity index (χ1) is 8.04. The lowest BCUT2D eigenvalue weighted by Crippen LogP contribution is -2.34. The molecular weight excluding hydrogens is 234 g/mol. The van der Waals surface area contributed by atoms with Gasteiger partial charge in [-0.1, -0.05) is 5.46 Å². The van der Waals surface area contributed by atoms with Crippen LogP contribution >= 0.6 is 0 Å². The summed E-state index contributed by atoms with van der Waals surface area (Å²) in [7, 11) is 0. The van der Waals surface area contributed by atoms with Crippen LogP contribution in [0, 0.1) is 0 Å². The second kappa shape index (κ2) is 6.49. The van der Waals surface area contributed by atoms with Crippen molar-refractivity contribution in [2.75, 3.05) is 19.8 Å². The maximum absolute atomic E-state index is 12.4. The average Bonchev–Trinajstić information content (AvgIpc) is 2.28. The second-order valence-corrected chi connectivity index (χ2v) is 3.43. The summed E-state index contributed by atoms with van der Waals surface area (Å²) < 4.78 is 47.4. The summed E-state index contributed by atoms with van der Waals surface area (Å²) >= 11 is 0. The molecule has 1 aromatic rings. The van der Waals surface area contributed by atoms with Gasteiger partial charge in [-0.15, -0.1) is 0 Å². The molecule has 3 nitrogen and oxygen atoms in total. The quantitative estimate of drug-likeness (QED) is 0.545. The Bertz CT molecular complexity index is 347. The van der Waals surface area contributed by atoms with Crippen LogP contribution in [0.25, 0.3) is 0 Å². The Morgan fingerprint density at radius 1 is 1.24 bits per heavy atom. The standard InChI is InChI=1S/C10H14BF3NO2/c1-2-16-4-3-5-17-10-6-9(7-15-8-10)11(12,13)14/h6-8H,2-5H2,1H3/q-1. The van der Waals surface area contributed by atoms with Crippen molar-refractivity contribution >= 4 is 12.4 Å². The second-order valence-electron chi connectivity index (χ2n) is 3.43. The number of halogens is 3. The number of hydrogen-bond acceptors (Lipinski definition) is 3. The number of rotatable bonds is 7. The maximum atomic E-state index is 12.4. The number of hydrogen-bond donors (Lipinski definition) is 0. The third-order valence-corrected chi connectivity index (χ3v) is 2.02. The predicted molar refractivity (Wildman–Crippen MR) is 59.6 cm³/mol. The minimum Gasteiger partial charge on any atom is -0.492 e. The van der Waals surface area contributed by atoms with Crippen LogP contribution in [-0.4, -0.2) is 31.8 Å². The molecule has 1 rings (SSSR count). The Morgan fingerprint density at radius 3 is 2.65 bits per heavy atom. The van der Waals surface area contributed by atoms with Crippen LogP contribution < -0.4 is 10.2 Å². The lowest BCUT2D eigenvalue weighted by Gasteiger charge is -2.15. The Labute approximate surface area is 98.0 Å². The van der Waals surface area contributed by atoms with Crippen molar-refractivity contribution in [1.82, 2.24) is 4.98 Å². The Hall–Kier alpha value is -1.24. The van der Waals surface area contributed by atoms with Gasteiger partial charge in [-0.3, -0.25) is 4.98 Å². The first-order valence-corrected chi connectivity index (χ1v) is 5.39. The summed E-state index contributed by atoms with van der Waals surface area (Å²) in [5, 5.41) is 0. The van der Waals surface area contributed by atoms with Gasteiger partial charge in [0.05, 0.1) is 12.8 Å². The molecule has 0 amide bonds. The molecule has 0 atom stereocenters. The van der Waals surface area contributed by atoms with E-state index in [1.165, 1.54) is 6.20 Å². The first-order valence-electron chi connectivity index (χ1n) is 5.39. The van der Waals surface area contributed by atoms with Gasteiger partial charge < -0.3 is 22.4 Å². The molecule has 1 aromatic heterocycles. The van der Waals surface area contributed by atoms with Crippen molar-refractivity contribution < 1.29 is 22.4 Å². The monoisotopic (exact) mass is 248 g/mol. The summed E-state index contributed by atoms with van der Waals surface area (Å²) in [5.41, 5.74) is -0.743. The molecule has 0 bridgehead atoms. The number of aromatic nitrogens is 1. The molecule has 1 heterocycles. The van der Waals surface area contributed by atoms with E-state index in [9.17, 15) is 12.9 Å². The van der Waals surface area contributed by atoms with Crippen molar-refractivity contribution in [2.24, 2.45) is 0 Å². The Morgan fingerprint density at radius 2 is 2.00 bits per heavy atom. The zero-order valence-electron chi connectivity index (χ0n) is 9.54. The third-order valence-electron chi connectivity index (χ3n) is 2.02. The molecule has 0 unspecified atom stereocenters. The summed E-state index contributed by atoms with van der Waals surface area (Å²) in [6.45, 7) is -1.68. The minimum absolute atomic E-state index is 0.137. The minimum atomic E-state index is -5.02. The molecule has 0 radical (unpaired) electrons. The first kappa shape index (κ1) is 13.8. The van der Waals surface area contributed by atoms with E-state index in [0.29, 0.717) is 26.2 Å². The fourth-order valence-corrected chi connectivity index (χ4v) is 1.19. The molecule has 0 aliphatic rings. The van der Waals surface area contributed by atoms with Crippen LogP contribution in [0.4, 0.5) is 12.9 Å². The van der Waals surface area contributed by atoms with E-state index < -0.39 is 12.4 Å². The normalized spacial score (nSPS) is 11.5. The molecule has 0 fully saturated rings. The highest BCUT2D eigenvalue weighted by Gasteiger charge is 2.26. The topological polar surface area (TPSA) is 31.4 Å². The fourth-order valence-electron chi connectivity index (χ4n) is 1.19. The zero-order chi connectivity index (χ0) is 12.7. The Balaban J connectivity index is 2.44. The fraction of sp³-hybridized carbons (Fsp3) is 0.500. The average molecular weight is 248 g/mol. The highest BCUT2D eigenvalue weighted by Crippen LogP contribution is 2.13. The van der Waals surface area contributed by atoms with Gasteiger partial charge in [0.25, 0.3) is 0 Å². The molecule has 17 heavy (non-hydrogen) atoms. The summed E-state index contributed by atoms with van der Waals surface area (Å²) in [6, 6.07) is 0.966. The van der Waals surface area contributed by atoms with E-state index in [4.69, 9.17) is 9.47 Å². The van der Waals surface area contributed by atoms with Crippen molar-refractivity contribution in [2.45, 2.75) is 13.3 Å². The predicted octanol–water partition coefficient (Wildman–Crippen LogP) is 1.94. The molecule has 96 valence electrons. The summed E-state index contributed by atoms with van der Waals surface area (Å²) in [5.74, 6) is 0.137. The maximum Gasteiger partial charge on any atom is 0.511 e. The van der Waals surface area contributed by atoms with E-state index in [2.05, 4.69) is 4.98 Å². The van der Waals surface area contributed by atoms with Gasteiger partial charge in [-0.25, -0.2) is 0 Å². The molecule has 0 saturated carbocycles. The van der Waals surface area contributed by atoms with Crippen LogP contribution in [0.1, 0.15) is 13.3 Å². The Kier molecular flexibility index (Phi) is 5.28. The largest absolute Gasteiger partial charge is 0.511 e. The van der Waals surface area contributed by atoms with Crippen LogP contribution in [0.3, 0.4) is 0 Å². The van der Waals surface area contributed by atoms with Crippen molar-refractivity contribution in [3.05, 3.63) is 18.5 Å². The molecule has 0 aromatic carbocycles. The lowest BCUT2D eigenvalue weighted by molar-refractivity contribution is 0.131. The molecule has 0 N–H and O–H groups in total. The number of nitrogens with zero attached hydrogens (tertiary/aromatic N) is 1. The van der Waals surface area contributed by atoms with Crippen LogP contribution in [0.15, 0.2) is 18.5 Å². The van der Waals surface area contributed by atoms with Gasteiger partial charge in [-0.05, 0) is 13.0 Å². The van der Waals surface area contributed by atoms with Crippen molar-refractivity contribution in [3.8, 4) is 5.75 Å². The number of pyridine rings is 1. The summed E-state index contributed by atoms with van der Waals surface area (Å²) in [4.78, 5) is 3.51. The molecule has 0 saturated heterocycles. The molecule has 0 aliphatic heterocycles. The van der Waals surface area contributed by atoms with E-state index >= 15 is 0 Å². The van der Waals surface area contributed by atoms with Gasteiger partial charge in [-0.2, -0.15) is 0 Å².